The van der Waals surface area contributed by atoms with Gasteiger partial charge in [-0.15, -0.1) is 0 Å². The van der Waals surface area contributed by atoms with E-state index in [4.69, 9.17) is 28.4 Å². The van der Waals surface area contributed by atoms with Crippen LogP contribution < -0.4 is 0 Å². The van der Waals surface area contributed by atoms with Crippen LogP contribution in [0.25, 0.3) is 0 Å². The molecule has 0 radical (unpaired) electrons. The molecule has 0 saturated carbocycles. The molecule has 7 N–H and O–H groups in total. The van der Waals surface area contributed by atoms with Crippen molar-refractivity contribution in [3.05, 3.63) is 48.6 Å². The maximum atomic E-state index is 13.1. The van der Waals surface area contributed by atoms with Crippen LogP contribution in [-0.4, -0.2) is 142 Å². The fourth-order valence-electron chi connectivity index (χ4n) is 10.5. The van der Waals surface area contributed by atoms with Crippen molar-refractivity contribution in [3.63, 3.8) is 0 Å². The molecule has 11 unspecified atom stereocenters. The first-order valence-corrected chi connectivity index (χ1v) is 33.2. The highest BCUT2D eigenvalue weighted by molar-refractivity contribution is 5.69. The van der Waals surface area contributed by atoms with Gasteiger partial charge in [0.15, 0.2) is 12.6 Å². The van der Waals surface area contributed by atoms with Gasteiger partial charge in [0.2, 0.25) is 0 Å². The second kappa shape index (κ2) is 53.4. The van der Waals surface area contributed by atoms with Gasteiger partial charge in [-0.2, -0.15) is 0 Å². The molecule has 0 aromatic carbocycles. The third-order valence-electron chi connectivity index (χ3n) is 15.8. The number of rotatable bonds is 55. The Morgan fingerprint density at radius 1 is 0.407 bits per heavy atom. The Bertz CT molecular complexity index is 1520. The van der Waals surface area contributed by atoms with E-state index in [0.29, 0.717) is 13.0 Å². The van der Waals surface area contributed by atoms with E-state index in [2.05, 4.69) is 62.5 Å². The van der Waals surface area contributed by atoms with E-state index in [9.17, 15) is 40.5 Å². The van der Waals surface area contributed by atoms with Crippen molar-refractivity contribution in [3.8, 4) is 0 Å². The van der Waals surface area contributed by atoms with Gasteiger partial charge in [-0.05, 0) is 77.0 Å². The van der Waals surface area contributed by atoms with Gasteiger partial charge < -0.3 is 64.2 Å². The Morgan fingerprint density at radius 3 is 1.21 bits per heavy atom. The number of carbonyl (C=O) groups excluding carboxylic acids is 1. The molecule has 14 heteroatoms. The van der Waals surface area contributed by atoms with Crippen LogP contribution in [0.4, 0.5) is 0 Å². The SMILES string of the molecule is CCCCCCC/C=C\C/C=C\C/C=C\CCCCCCCCCCCCCOCC(COC1OC(COC2OC(CO)C(O)C(O)C2O)C(O)C(O)C1O)OC(=O)CCCCCCCCCCC/C=C\CCCCCCCCCC. The molecule has 2 rings (SSSR count). The zero-order valence-electron chi connectivity index (χ0n) is 51.3. The lowest BCUT2D eigenvalue weighted by atomic mass is 9.98. The Kier molecular flexibility index (Phi) is 49.5. The highest BCUT2D eigenvalue weighted by Gasteiger charge is 2.47. The highest BCUT2D eigenvalue weighted by Crippen LogP contribution is 2.27. The summed E-state index contributed by atoms with van der Waals surface area (Å²) in [6.45, 7) is 3.71. The van der Waals surface area contributed by atoms with E-state index in [1.165, 1.54) is 193 Å². The topological polar surface area (TPSA) is 214 Å². The van der Waals surface area contributed by atoms with Crippen molar-refractivity contribution in [1.29, 1.82) is 0 Å². The summed E-state index contributed by atoms with van der Waals surface area (Å²) in [5, 5.41) is 72.5. The fourth-order valence-corrected chi connectivity index (χ4v) is 10.5. The number of allylic oxidation sites excluding steroid dienone is 8. The second-order valence-corrected chi connectivity index (χ2v) is 23.3. The molecule has 2 aliphatic heterocycles. The average Bonchev–Trinajstić information content (AvgIpc) is 3.60. The van der Waals surface area contributed by atoms with Crippen LogP contribution in [0, 0.1) is 0 Å². The van der Waals surface area contributed by atoms with Crippen LogP contribution >= 0.6 is 0 Å². The number of unbranched alkanes of at least 4 members (excludes halogenated alkanes) is 33. The van der Waals surface area contributed by atoms with Crippen LogP contribution in [0.3, 0.4) is 0 Å². The van der Waals surface area contributed by atoms with Gasteiger partial charge in [0.25, 0.3) is 0 Å². The average molecular weight is 1150 g/mol. The molecule has 81 heavy (non-hydrogen) atoms. The maximum Gasteiger partial charge on any atom is 0.306 e. The van der Waals surface area contributed by atoms with E-state index in [-0.39, 0.29) is 25.6 Å². The highest BCUT2D eigenvalue weighted by atomic mass is 16.7. The lowest BCUT2D eigenvalue weighted by Gasteiger charge is -2.42. The molecule has 0 aromatic heterocycles. The molecular weight excluding hydrogens is 1030 g/mol. The number of hydrogen-bond acceptors (Lipinski definition) is 14. The van der Waals surface area contributed by atoms with Gasteiger partial charge in [-0.1, -0.05) is 236 Å². The minimum absolute atomic E-state index is 0.0596. The summed E-state index contributed by atoms with van der Waals surface area (Å²) in [5.41, 5.74) is 0. The lowest BCUT2D eigenvalue weighted by Crippen LogP contribution is -2.61. The minimum atomic E-state index is -1.71. The zero-order chi connectivity index (χ0) is 58.6. The number of aliphatic hydroxyl groups is 7. The third-order valence-corrected chi connectivity index (χ3v) is 15.8. The molecule has 2 aliphatic rings. The number of ether oxygens (including phenoxy) is 6. The van der Waals surface area contributed by atoms with E-state index in [1.807, 2.05) is 0 Å². The van der Waals surface area contributed by atoms with Gasteiger partial charge in [-0.3, -0.25) is 4.79 Å². The summed E-state index contributed by atoms with van der Waals surface area (Å²) in [4.78, 5) is 13.1. The molecule has 0 aromatic rings. The smallest absolute Gasteiger partial charge is 0.306 e. The Morgan fingerprint density at radius 2 is 0.765 bits per heavy atom. The van der Waals surface area contributed by atoms with Crippen molar-refractivity contribution in [2.24, 2.45) is 0 Å². The monoisotopic (exact) mass is 1150 g/mol. The predicted molar refractivity (Wildman–Crippen MR) is 326 cm³/mol. The number of esters is 1. The van der Waals surface area contributed by atoms with Gasteiger partial charge >= 0.3 is 5.97 Å². The van der Waals surface area contributed by atoms with Gasteiger partial charge in [0, 0.05) is 13.0 Å². The molecule has 474 valence electrons. The van der Waals surface area contributed by atoms with E-state index < -0.39 is 80.7 Å². The van der Waals surface area contributed by atoms with Crippen LogP contribution in [0.5, 0.6) is 0 Å². The van der Waals surface area contributed by atoms with Crippen molar-refractivity contribution in [2.45, 2.75) is 338 Å². The zero-order valence-corrected chi connectivity index (χ0v) is 51.3. The molecular formula is C67H122O14. The standard InChI is InChI=1S/C67H122O14/c1-3-5-7-9-11-13-15-17-19-21-23-25-26-27-28-29-31-33-35-37-39-41-43-45-47-49-51-76-53-56(54-77-66-65(75)63(73)61(71)58(81-66)55-78-67-64(74)62(72)60(70)57(52-68)80-67)79-59(69)50-48-46-44-42-40-38-36-34-32-30-24-22-20-18-16-14-12-10-8-6-4-2/h15,17,21-24,26-27,56-58,60-68,70-75H,3-14,16,18-20,25,28-55H2,1-2H3/b17-15-,23-21-,24-22-,27-26-. The molecule has 14 nitrogen and oxygen atoms in total. The molecule has 0 spiro atoms. The molecule has 0 amide bonds. The fraction of sp³-hybridized carbons (Fsp3) is 0.866. The summed E-state index contributed by atoms with van der Waals surface area (Å²) in [6.07, 6.45) is 50.3. The molecule has 0 bridgehead atoms. The summed E-state index contributed by atoms with van der Waals surface area (Å²) in [5.74, 6) is -0.376. The van der Waals surface area contributed by atoms with Crippen molar-refractivity contribution in [2.75, 3.05) is 33.0 Å². The number of hydrogen-bond donors (Lipinski definition) is 7. The third kappa shape index (κ3) is 39.3. The van der Waals surface area contributed by atoms with Crippen molar-refractivity contribution in [1.82, 2.24) is 0 Å². The van der Waals surface area contributed by atoms with Gasteiger partial charge in [-0.25, -0.2) is 0 Å². The first-order valence-electron chi connectivity index (χ1n) is 33.2. The Labute approximate surface area is 492 Å². The first kappa shape index (κ1) is 75.0. The van der Waals surface area contributed by atoms with E-state index in [0.717, 1.165) is 51.4 Å². The van der Waals surface area contributed by atoms with E-state index >= 15 is 0 Å². The van der Waals surface area contributed by atoms with Crippen LogP contribution in [0.2, 0.25) is 0 Å². The van der Waals surface area contributed by atoms with Crippen LogP contribution in [0.1, 0.15) is 271 Å². The summed E-state index contributed by atoms with van der Waals surface area (Å²) in [7, 11) is 0. The second-order valence-electron chi connectivity index (χ2n) is 23.3. The molecule has 2 heterocycles. The summed E-state index contributed by atoms with van der Waals surface area (Å²) < 4.78 is 34.5. The molecule has 0 aliphatic carbocycles. The molecule has 2 saturated heterocycles. The molecule has 11 atom stereocenters. The lowest BCUT2D eigenvalue weighted by molar-refractivity contribution is -0.332. The number of aliphatic hydroxyl groups excluding tert-OH is 7. The summed E-state index contributed by atoms with van der Waals surface area (Å²) in [6, 6.07) is 0. The predicted octanol–water partition coefficient (Wildman–Crippen LogP) is 13.4. The normalized spacial score (nSPS) is 24.0. The van der Waals surface area contributed by atoms with Crippen LogP contribution in [0.15, 0.2) is 48.6 Å². The van der Waals surface area contributed by atoms with E-state index in [1.54, 1.807) is 0 Å². The van der Waals surface area contributed by atoms with Crippen molar-refractivity contribution >= 4 is 5.97 Å². The van der Waals surface area contributed by atoms with Crippen molar-refractivity contribution < 1.29 is 69.0 Å². The Balaban J connectivity index is 1.66. The number of carbonyl (C=O) groups is 1. The van der Waals surface area contributed by atoms with Gasteiger partial charge in [0.1, 0.15) is 54.9 Å². The Hall–Kier alpha value is -2.05. The summed E-state index contributed by atoms with van der Waals surface area (Å²) >= 11 is 0. The minimum Gasteiger partial charge on any atom is -0.457 e. The van der Waals surface area contributed by atoms with Gasteiger partial charge in [0.05, 0.1) is 26.4 Å². The first-order chi connectivity index (χ1) is 39.6. The molecule has 2 fully saturated rings. The quantitative estimate of drug-likeness (QED) is 0.0171. The van der Waals surface area contributed by atoms with Crippen LogP contribution in [-0.2, 0) is 33.2 Å². The largest absolute Gasteiger partial charge is 0.457 e. The maximum absolute atomic E-state index is 13.1.